The molecule has 0 aliphatic rings. The van der Waals surface area contributed by atoms with Crippen molar-refractivity contribution in [2.45, 2.75) is 0 Å². The molecule has 0 aliphatic heterocycles. The van der Waals surface area contributed by atoms with Crippen LogP contribution >= 0.6 is 0 Å². The summed E-state index contributed by atoms with van der Waals surface area (Å²) in [5.41, 5.74) is 0. The molecule has 0 atom stereocenters. The molecule has 68 valence electrons. The van der Waals surface area contributed by atoms with Crippen LogP contribution in [0.3, 0.4) is 0 Å². The molecule has 0 saturated carbocycles. The van der Waals surface area contributed by atoms with Gasteiger partial charge in [0.15, 0.2) is 0 Å². The van der Waals surface area contributed by atoms with Crippen molar-refractivity contribution in [3.8, 4) is 0 Å². The third-order valence-electron chi connectivity index (χ3n) is 0.341. The monoisotopic (exact) mass is 228 g/mol. The molecule has 13 heavy (non-hydrogen) atoms. The molecule has 0 saturated heterocycles. The Bertz CT molecular complexity index is 179. The van der Waals surface area contributed by atoms with E-state index in [1.807, 2.05) is 0 Å². The van der Waals surface area contributed by atoms with Crippen LogP contribution in [0.4, 0.5) is 14.4 Å². The van der Waals surface area contributed by atoms with Crippen LogP contribution in [0, 0.1) is 0 Å². The smallest absolute Gasteiger partial charge is 1.00 e. The zero-order valence-corrected chi connectivity index (χ0v) is 10.8. The minimum Gasteiger partial charge on any atom is -1.00 e. The second-order valence-corrected chi connectivity index (χ2v) is 0.986. The van der Waals surface area contributed by atoms with E-state index >= 15 is 0 Å². The quantitative estimate of drug-likeness (QED) is 0.342. The van der Waals surface area contributed by atoms with Gasteiger partial charge < -0.3 is 28.2 Å². The molecule has 0 spiro atoms. The molecular formula is C3H8Mg3O7. The van der Waals surface area contributed by atoms with Crippen LogP contribution in [0.15, 0.2) is 0 Å². The second kappa shape index (κ2) is 12.5. The number of carboxylic acid groups (broad SMARTS) is 2. The topological polar surface area (TPSA) is 110 Å². The first-order chi connectivity index (χ1) is 4.52. The molecule has 0 bridgehead atoms. The van der Waals surface area contributed by atoms with Gasteiger partial charge in [0, 0.05) is 0 Å². The summed E-state index contributed by atoms with van der Waals surface area (Å²) < 4.78 is 6.47. The first-order valence-corrected chi connectivity index (χ1v) is 1.88. The van der Waals surface area contributed by atoms with E-state index in [9.17, 15) is 14.4 Å². The van der Waals surface area contributed by atoms with Crippen molar-refractivity contribution in [3.05, 3.63) is 0 Å². The summed E-state index contributed by atoms with van der Waals surface area (Å²) in [6.45, 7) is 0. The van der Waals surface area contributed by atoms with Crippen molar-refractivity contribution in [2.75, 3.05) is 0 Å². The predicted molar refractivity (Wildman–Crippen MR) is 47.5 cm³/mol. The minimum absolute atomic E-state index is 0. The van der Waals surface area contributed by atoms with Gasteiger partial charge in [-0.05, 0) is 0 Å². The Morgan fingerprint density at radius 2 is 1.08 bits per heavy atom. The van der Waals surface area contributed by atoms with Crippen LogP contribution in [-0.4, -0.2) is 97.8 Å². The molecule has 0 aromatic heterocycles. The van der Waals surface area contributed by atoms with E-state index in [1.165, 1.54) is 0 Å². The number of carbonyl (C=O) groups is 3. The molecule has 7 nitrogen and oxygen atoms in total. The number of rotatable bonds is 0. The standard InChI is InChI=1S/C3H2O7.3Mg.6H/c4-1(5)9-3(8)10-2(6)7;;;;;;;;;/h(H,4,5)(H,6,7);;;;;;;;;/q;3*+2;6*-1. The average molecular weight is 229 g/mol. The van der Waals surface area contributed by atoms with E-state index in [2.05, 4.69) is 9.47 Å². The fourth-order valence-corrected chi connectivity index (χ4v) is 0.163. The SMILES string of the molecule is O=C(O)OC(=O)OC(=O)O.[H-].[H-].[H-].[H-].[H-].[H-].[Mg+2].[Mg+2].[Mg+2]. The summed E-state index contributed by atoms with van der Waals surface area (Å²) in [5, 5.41) is 15.4. The van der Waals surface area contributed by atoms with E-state index in [0.717, 1.165) is 0 Å². The normalized spacial score (nSPS) is 6.15. The first-order valence-electron chi connectivity index (χ1n) is 1.88. The molecule has 0 unspecified atom stereocenters. The van der Waals surface area contributed by atoms with Crippen LogP contribution in [0.1, 0.15) is 8.56 Å². The van der Waals surface area contributed by atoms with Crippen molar-refractivity contribution in [1.82, 2.24) is 0 Å². The van der Waals surface area contributed by atoms with E-state index < -0.39 is 18.5 Å². The second-order valence-electron chi connectivity index (χ2n) is 0.986. The van der Waals surface area contributed by atoms with Crippen molar-refractivity contribution in [3.63, 3.8) is 0 Å². The summed E-state index contributed by atoms with van der Waals surface area (Å²) in [6.07, 6.45) is -5.64. The third-order valence-corrected chi connectivity index (χ3v) is 0.341. The Kier molecular flexibility index (Phi) is 22.5. The molecule has 0 fully saturated rings. The molecule has 0 rings (SSSR count). The Labute approximate surface area is 129 Å². The largest absolute Gasteiger partial charge is 2.00 e. The van der Waals surface area contributed by atoms with Gasteiger partial charge in [0.1, 0.15) is 0 Å². The van der Waals surface area contributed by atoms with Gasteiger partial charge in [-0.2, -0.15) is 0 Å². The van der Waals surface area contributed by atoms with Crippen LogP contribution in [0.5, 0.6) is 0 Å². The summed E-state index contributed by atoms with van der Waals surface area (Å²) in [7, 11) is 0. The molecule has 0 aromatic rings. The van der Waals surface area contributed by atoms with Gasteiger partial charge >= 0.3 is 87.6 Å². The maximum absolute atomic E-state index is 9.86. The minimum atomic E-state index is -1.92. The van der Waals surface area contributed by atoms with Gasteiger partial charge in [-0.15, -0.1) is 0 Å². The van der Waals surface area contributed by atoms with E-state index in [4.69, 9.17) is 10.2 Å². The fraction of sp³-hybridized carbons (Fsp3) is 0. The summed E-state index contributed by atoms with van der Waals surface area (Å²) >= 11 is 0. The Morgan fingerprint density at radius 1 is 0.846 bits per heavy atom. The maximum Gasteiger partial charge on any atom is 2.00 e. The Hall–Kier alpha value is 0.509. The van der Waals surface area contributed by atoms with E-state index in [0.29, 0.717) is 0 Å². The van der Waals surface area contributed by atoms with E-state index in [-0.39, 0.29) is 77.7 Å². The van der Waals surface area contributed by atoms with Crippen LogP contribution in [-0.2, 0) is 9.47 Å². The molecule has 0 aromatic carbocycles. The number of carbonyl (C=O) groups excluding carboxylic acids is 1. The van der Waals surface area contributed by atoms with Gasteiger partial charge in [-0.25, -0.2) is 14.4 Å². The molecule has 0 aliphatic carbocycles. The van der Waals surface area contributed by atoms with Crippen molar-refractivity contribution < 1.29 is 42.6 Å². The van der Waals surface area contributed by atoms with Gasteiger partial charge in [0.2, 0.25) is 0 Å². The number of ether oxygens (including phenoxy) is 2. The van der Waals surface area contributed by atoms with Crippen LogP contribution in [0.25, 0.3) is 0 Å². The van der Waals surface area contributed by atoms with Gasteiger partial charge in [-0.1, -0.05) is 0 Å². The zero-order chi connectivity index (χ0) is 8.15. The number of hydrogen-bond donors (Lipinski definition) is 2. The van der Waals surface area contributed by atoms with Gasteiger partial charge in [0.25, 0.3) is 0 Å². The third kappa shape index (κ3) is 19.1. The zero-order valence-electron chi connectivity index (χ0n) is 12.6. The molecule has 2 N–H and O–H groups in total. The van der Waals surface area contributed by atoms with Crippen molar-refractivity contribution in [2.24, 2.45) is 0 Å². The van der Waals surface area contributed by atoms with Crippen LogP contribution < -0.4 is 0 Å². The maximum atomic E-state index is 9.86. The van der Waals surface area contributed by atoms with Crippen molar-refractivity contribution in [1.29, 1.82) is 0 Å². The van der Waals surface area contributed by atoms with Gasteiger partial charge in [-0.3, -0.25) is 0 Å². The molecular weight excluding hydrogens is 221 g/mol. The summed E-state index contributed by atoms with van der Waals surface area (Å²) in [4.78, 5) is 28.8. The molecule has 0 radical (unpaired) electrons. The van der Waals surface area contributed by atoms with E-state index in [1.54, 1.807) is 0 Å². The van der Waals surface area contributed by atoms with Crippen LogP contribution in [0.2, 0.25) is 0 Å². The summed E-state index contributed by atoms with van der Waals surface area (Å²) in [5.74, 6) is 0. The average Bonchev–Trinajstić information content (AvgIpc) is 1.58. The summed E-state index contributed by atoms with van der Waals surface area (Å²) in [6, 6.07) is 0. The van der Waals surface area contributed by atoms with Gasteiger partial charge in [0.05, 0.1) is 0 Å². The Morgan fingerprint density at radius 3 is 1.23 bits per heavy atom. The molecule has 0 heterocycles. The molecule has 0 amide bonds. The molecule has 10 heteroatoms. The number of hydrogen-bond acceptors (Lipinski definition) is 5. The fourth-order valence-electron chi connectivity index (χ4n) is 0.163. The van der Waals surface area contributed by atoms with Crippen molar-refractivity contribution >= 4 is 87.6 Å². The first kappa shape index (κ1) is 23.4. The predicted octanol–water partition coefficient (Wildman–Crippen LogP) is 0.0282. The Balaban J connectivity index is -0.0000000112.